The molecule has 0 fully saturated rings. The van der Waals surface area contributed by atoms with Gasteiger partial charge in [0.2, 0.25) is 0 Å². The molecule has 0 unspecified atom stereocenters. The van der Waals surface area contributed by atoms with Gasteiger partial charge in [0.15, 0.2) is 6.10 Å². The molecule has 3 aromatic carbocycles. The zero-order chi connectivity index (χ0) is 19.5. The predicted molar refractivity (Wildman–Crippen MR) is 110 cm³/mol. The molecule has 0 aliphatic carbocycles. The summed E-state index contributed by atoms with van der Waals surface area (Å²) in [5, 5.41) is 3.75. The number of nitrogens with zero attached hydrogens (tertiary/aromatic N) is 1. The van der Waals surface area contributed by atoms with Crippen molar-refractivity contribution in [1.29, 1.82) is 0 Å². The average molecular weight is 392 g/mol. The van der Waals surface area contributed by atoms with E-state index < -0.39 is 6.10 Å². The van der Waals surface area contributed by atoms with E-state index in [-0.39, 0.29) is 11.7 Å². The maximum Gasteiger partial charge on any atom is 0.265 e. The van der Waals surface area contributed by atoms with E-state index in [0.717, 1.165) is 20.8 Å². The molecular formula is C22H17FN2O2S. The van der Waals surface area contributed by atoms with Gasteiger partial charge >= 0.3 is 0 Å². The van der Waals surface area contributed by atoms with Crippen molar-refractivity contribution in [2.24, 2.45) is 0 Å². The smallest absolute Gasteiger partial charge is 0.265 e. The van der Waals surface area contributed by atoms with Crippen LogP contribution in [-0.4, -0.2) is 17.0 Å². The standard InChI is InChI=1S/C22H17FN2O2S/c1-14(27-18-11-9-16(23)10-12-18)21(26)24-17-6-4-5-15(13-17)22-25-19-7-2-3-8-20(19)28-22/h2-14H,1H3,(H,24,26)/t14-/m0/s1. The lowest BCUT2D eigenvalue weighted by Gasteiger charge is -2.15. The Morgan fingerprint density at radius 2 is 1.86 bits per heavy atom. The minimum Gasteiger partial charge on any atom is -0.481 e. The third-order valence-corrected chi connectivity index (χ3v) is 5.25. The number of benzene rings is 3. The number of para-hydroxylation sites is 1. The maximum absolute atomic E-state index is 13.0. The lowest BCUT2D eigenvalue weighted by molar-refractivity contribution is -0.122. The van der Waals surface area contributed by atoms with E-state index >= 15 is 0 Å². The van der Waals surface area contributed by atoms with Crippen LogP contribution in [0.25, 0.3) is 20.8 Å². The number of halogens is 1. The molecule has 28 heavy (non-hydrogen) atoms. The molecule has 4 nitrogen and oxygen atoms in total. The fourth-order valence-electron chi connectivity index (χ4n) is 2.74. The summed E-state index contributed by atoms with van der Waals surface area (Å²) in [7, 11) is 0. The summed E-state index contributed by atoms with van der Waals surface area (Å²) in [4.78, 5) is 17.1. The average Bonchev–Trinajstić information content (AvgIpc) is 3.14. The lowest BCUT2D eigenvalue weighted by Crippen LogP contribution is -2.30. The van der Waals surface area contributed by atoms with E-state index in [1.807, 2.05) is 48.5 Å². The monoisotopic (exact) mass is 392 g/mol. The van der Waals surface area contributed by atoms with Crippen LogP contribution in [0, 0.1) is 5.82 Å². The van der Waals surface area contributed by atoms with Crippen molar-refractivity contribution in [3.8, 4) is 16.3 Å². The molecule has 0 aliphatic rings. The van der Waals surface area contributed by atoms with Crippen LogP contribution < -0.4 is 10.1 Å². The van der Waals surface area contributed by atoms with Crippen LogP contribution in [0.2, 0.25) is 0 Å². The molecule has 0 saturated heterocycles. The van der Waals surface area contributed by atoms with E-state index in [9.17, 15) is 9.18 Å². The fraction of sp³-hybridized carbons (Fsp3) is 0.0909. The van der Waals surface area contributed by atoms with Crippen LogP contribution in [0.1, 0.15) is 6.92 Å². The number of ether oxygens (including phenoxy) is 1. The number of carbonyl (C=O) groups excluding carboxylic acids is 1. The van der Waals surface area contributed by atoms with Crippen LogP contribution in [0.5, 0.6) is 5.75 Å². The summed E-state index contributed by atoms with van der Waals surface area (Å²) in [5.74, 6) is -0.200. The van der Waals surface area contributed by atoms with E-state index in [2.05, 4.69) is 10.3 Å². The molecule has 0 radical (unpaired) electrons. The summed E-state index contributed by atoms with van der Waals surface area (Å²) in [6.07, 6.45) is -0.725. The zero-order valence-electron chi connectivity index (χ0n) is 15.1. The Balaban J connectivity index is 1.48. The highest BCUT2D eigenvalue weighted by Crippen LogP contribution is 2.31. The SMILES string of the molecule is C[C@H](Oc1ccc(F)cc1)C(=O)Nc1cccc(-c2nc3ccccc3s2)c1. The van der Waals surface area contributed by atoms with Gasteiger partial charge in [0, 0.05) is 11.3 Å². The molecule has 1 N–H and O–H groups in total. The minimum absolute atomic E-state index is 0.286. The van der Waals surface area contributed by atoms with Gasteiger partial charge < -0.3 is 10.1 Å². The summed E-state index contributed by atoms with van der Waals surface area (Å²) < 4.78 is 19.7. The second-order valence-electron chi connectivity index (χ2n) is 6.27. The topological polar surface area (TPSA) is 51.2 Å². The number of carbonyl (C=O) groups is 1. The van der Waals surface area contributed by atoms with Crippen LogP contribution in [0.3, 0.4) is 0 Å². The Morgan fingerprint density at radius 1 is 1.07 bits per heavy atom. The van der Waals surface area contributed by atoms with Crippen LogP contribution >= 0.6 is 11.3 Å². The van der Waals surface area contributed by atoms with Gasteiger partial charge in [0.25, 0.3) is 5.91 Å². The van der Waals surface area contributed by atoms with E-state index in [4.69, 9.17) is 4.74 Å². The van der Waals surface area contributed by atoms with Crippen molar-refractivity contribution in [2.75, 3.05) is 5.32 Å². The summed E-state index contributed by atoms with van der Waals surface area (Å²) >= 11 is 1.61. The molecule has 1 amide bonds. The predicted octanol–water partition coefficient (Wildman–Crippen LogP) is 5.51. The molecule has 1 heterocycles. The normalized spacial score (nSPS) is 11.9. The number of hydrogen-bond donors (Lipinski definition) is 1. The Bertz CT molecular complexity index is 1090. The molecule has 0 aliphatic heterocycles. The highest BCUT2D eigenvalue weighted by atomic mass is 32.1. The van der Waals surface area contributed by atoms with Crippen LogP contribution in [-0.2, 0) is 4.79 Å². The van der Waals surface area contributed by atoms with Crippen molar-refractivity contribution < 1.29 is 13.9 Å². The third-order valence-electron chi connectivity index (χ3n) is 4.17. The molecule has 1 aromatic heterocycles. The van der Waals surface area contributed by atoms with Crippen molar-refractivity contribution >= 4 is 33.1 Å². The Hall–Kier alpha value is -3.25. The molecule has 0 spiro atoms. The van der Waals surface area contributed by atoms with Gasteiger partial charge in [-0.15, -0.1) is 11.3 Å². The first-order chi connectivity index (χ1) is 13.6. The number of aromatic nitrogens is 1. The quantitative estimate of drug-likeness (QED) is 0.487. The van der Waals surface area contributed by atoms with Crippen molar-refractivity contribution in [3.05, 3.63) is 78.6 Å². The summed E-state index contributed by atoms with van der Waals surface area (Å²) in [6, 6.07) is 21.1. The molecule has 0 saturated carbocycles. The molecule has 140 valence electrons. The minimum atomic E-state index is -0.725. The van der Waals surface area contributed by atoms with Gasteiger partial charge in [-0.2, -0.15) is 0 Å². The van der Waals surface area contributed by atoms with E-state index in [1.165, 1.54) is 24.3 Å². The van der Waals surface area contributed by atoms with Gasteiger partial charge in [-0.1, -0.05) is 24.3 Å². The zero-order valence-corrected chi connectivity index (χ0v) is 15.9. The maximum atomic E-state index is 13.0. The molecule has 6 heteroatoms. The Kier molecular flexibility index (Phi) is 5.04. The Labute approximate surface area is 165 Å². The van der Waals surface area contributed by atoms with E-state index in [0.29, 0.717) is 11.4 Å². The number of nitrogens with one attached hydrogen (secondary N) is 1. The molecular weight excluding hydrogens is 375 g/mol. The number of hydrogen-bond acceptors (Lipinski definition) is 4. The van der Waals surface area contributed by atoms with Gasteiger partial charge in [0.05, 0.1) is 10.2 Å². The van der Waals surface area contributed by atoms with Crippen molar-refractivity contribution in [2.45, 2.75) is 13.0 Å². The number of anilines is 1. The second kappa shape index (κ2) is 7.78. The number of thiazole rings is 1. The first-order valence-corrected chi connectivity index (χ1v) is 9.59. The number of rotatable bonds is 5. The Morgan fingerprint density at radius 3 is 2.64 bits per heavy atom. The first-order valence-electron chi connectivity index (χ1n) is 8.77. The number of amides is 1. The third kappa shape index (κ3) is 4.02. The number of fused-ring (bicyclic) bond motifs is 1. The summed E-state index contributed by atoms with van der Waals surface area (Å²) in [5.41, 5.74) is 2.56. The van der Waals surface area contributed by atoms with Gasteiger partial charge in [-0.25, -0.2) is 9.37 Å². The van der Waals surface area contributed by atoms with Gasteiger partial charge in [0.1, 0.15) is 16.6 Å². The highest BCUT2D eigenvalue weighted by Gasteiger charge is 2.15. The van der Waals surface area contributed by atoms with Crippen LogP contribution in [0.4, 0.5) is 10.1 Å². The highest BCUT2D eigenvalue weighted by molar-refractivity contribution is 7.21. The molecule has 4 rings (SSSR count). The van der Waals surface area contributed by atoms with Gasteiger partial charge in [-0.05, 0) is 55.5 Å². The second-order valence-corrected chi connectivity index (χ2v) is 7.30. The van der Waals surface area contributed by atoms with Gasteiger partial charge in [-0.3, -0.25) is 4.79 Å². The molecule has 0 bridgehead atoms. The largest absolute Gasteiger partial charge is 0.481 e. The van der Waals surface area contributed by atoms with Crippen molar-refractivity contribution in [3.63, 3.8) is 0 Å². The molecule has 4 aromatic rings. The van der Waals surface area contributed by atoms with Crippen LogP contribution in [0.15, 0.2) is 72.8 Å². The van der Waals surface area contributed by atoms with Crippen molar-refractivity contribution in [1.82, 2.24) is 4.98 Å². The molecule has 1 atom stereocenters. The first kappa shape index (κ1) is 18.1. The van der Waals surface area contributed by atoms with E-state index in [1.54, 1.807) is 18.3 Å². The lowest BCUT2D eigenvalue weighted by atomic mass is 10.2. The summed E-state index contributed by atoms with van der Waals surface area (Å²) in [6.45, 7) is 1.65. The fourth-order valence-corrected chi connectivity index (χ4v) is 3.70.